The number of hydrogen-bond acceptors (Lipinski definition) is 5. The molecule has 3 N–H and O–H groups in total. The fourth-order valence-corrected chi connectivity index (χ4v) is 2.83. The number of fused-ring (bicyclic) bond motifs is 1. The number of aliphatic hydroxyl groups is 1. The minimum Gasteiger partial charge on any atom is -0.383 e. The summed E-state index contributed by atoms with van der Waals surface area (Å²) in [6.45, 7) is 0.394. The van der Waals surface area contributed by atoms with Crippen LogP contribution in [0.1, 0.15) is 54.1 Å². The highest BCUT2D eigenvalue weighted by Gasteiger charge is 2.26. The monoisotopic (exact) mass is 273 g/mol. The van der Waals surface area contributed by atoms with E-state index in [-0.39, 0.29) is 11.8 Å². The normalized spacial score (nSPS) is 19.6. The summed E-state index contributed by atoms with van der Waals surface area (Å²) in [5, 5.41) is 13.9. The minimum atomic E-state index is -0.764. The molecule has 0 saturated carbocycles. The van der Waals surface area contributed by atoms with Crippen LogP contribution in [0, 0.1) is 0 Å². The first kappa shape index (κ1) is 13.3. The van der Waals surface area contributed by atoms with Gasteiger partial charge < -0.3 is 15.4 Å². The van der Waals surface area contributed by atoms with Crippen LogP contribution >= 0.6 is 0 Å². The average Bonchev–Trinajstić information content (AvgIpc) is 2.97. The Hall–Kier alpha value is -1.72. The average molecular weight is 273 g/mol. The number of benzene rings is 1. The van der Waals surface area contributed by atoms with E-state index in [1.165, 1.54) is 11.1 Å². The van der Waals surface area contributed by atoms with Crippen LogP contribution in [0.15, 0.2) is 28.8 Å². The summed E-state index contributed by atoms with van der Waals surface area (Å²) in [6, 6.07) is 8.40. The Labute approximate surface area is 117 Å². The largest absolute Gasteiger partial charge is 0.383 e. The number of aromatic nitrogens is 2. The van der Waals surface area contributed by atoms with Crippen molar-refractivity contribution in [1.29, 1.82) is 0 Å². The quantitative estimate of drug-likeness (QED) is 0.889. The Morgan fingerprint density at radius 3 is 3.10 bits per heavy atom. The molecule has 0 aliphatic heterocycles. The Morgan fingerprint density at radius 1 is 1.40 bits per heavy atom. The molecule has 2 aromatic rings. The van der Waals surface area contributed by atoms with E-state index in [9.17, 15) is 5.11 Å². The molecule has 1 aromatic carbocycles. The maximum Gasteiger partial charge on any atom is 0.255 e. The maximum absolute atomic E-state index is 9.85. The van der Waals surface area contributed by atoms with Gasteiger partial charge in [-0.1, -0.05) is 29.4 Å². The van der Waals surface area contributed by atoms with E-state index in [0.29, 0.717) is 18.8 Å². The Morgan fingerprint density at radius 2 is 2.25 bits per heavy atom. The van der Waals surface area contributed by atoms with E-state index < -0.39 is 6.10 Å². The van der Waals surface area contributed by atoms with Crippen LogP contribution in [-0.4, -0.2) is 21.8 Å². The van der Waals surface area contributed by atoms with E-state index in [0.717, 1.165) is 19.3 Å². The lowest BCUT2D eigenvalue weighted by atomic mass is 9.82. The van der Waals surface area contributed by atoms with E-state index in [1.54, 1.807) is 0 Å². The van der Waals surface area contributed by atoms with E-state index in [4.69, 9.17) is 10.3 Å². The van der Waals surface area contributed by atoms with Crippen LogP contribution in [0.25, 0.3) is 0 Å². The van der Waals surface area contributed by atoms with Crippen molar-refractivity contribution in [3.8, 4) is 0 Å². The summed E-state index contributed by atoms with van der Waals surface area (Å²) in [5.74, 6) is 1.11. The summed E-state index contributed by atoms with van der Waals surface area (Å²) in [7, 11) is 0. The molecule has 5 heteroatoms. The predicted octanol–water partition coefficient (Wildman–Crippen LogP) is 1.92. The molecule has 1 aliphatic carbocycles. The Kier molecular flexibility index (Phi) is 3.80. The first-order chi connectivity index (χ1) is 9.79. The predicted molar refractivity (Wildman–Crippen MR) is 74.2 cm³/mol. The van der Waals surface area contributed by atoms with Gasteiger partial charge in [0.2, 0.25) is 0 Å². The molecule has 0 radical (unpaired) electrons. The van der Waals surface area contributed by atoms with Gasteiger partial charge in [0.1, 0.15) is 6.10 Å². The molecule has 0 fully saturated rings. The molecular formula is C15H19N3O2. The topological polar surface area (TPSA) is 85.2 Å². The lowest BCUT2D eigenvalue weighted by molar-refractivity contribution is 0.127. The fraction of sp³-hybridized carbons (Fsp3) is 0.467. The molecule has 1 heterocycles. The molecule has 5 nitrogen and oxygen atoms in total. The third kappa shape index (κ3) is 2.46. The molecule has 2 unspecified atom stereocenters. The highest BCUT2D eigenvalue weighted by molar-refractivity contribution is 5.36. The molecule has 2 atom stereocenters. The molecule has 1 aromatic heterocycles. The van der Waals surface area contributed by atoms with Gasteiger partial charge >= 0.3 is 0 Å². The fourth-order valence-electron chi connectivity index (χ4n) is 2.83. The number of aryl methyl sites for hydroxylation is 1. The van der Waals surface area contributed by atoms with Crippen molar-refractivity contribution in [2.45, 2.75) is 37.7 Å². The number of aliphatic hydroxyl groups excluding tert-OH is 1. The zero-order chi connectivity index (χ0) is 13.9. The SMILES string of the molecule is NCCC(O)c1nc(C2CCCc3ccccc32)no1. The van der Waals surface area contributed by atoms with Gasteiger partial charge in [-0.2, -0.15) is 4.98 Å². The molecule has 0 amide bonds. The molecule has 3 rings (SSSR count). The summed E-state index contributed by atoms with van der Waals surface area (Å²) in [5.41, 5.74) is 8.07. The molecule has 20 heavy (non-hydrogen) atoms. The molecule has 0 saturated heterocycles. The zero-order valence-corrected chi connectivity index (χ0v) is 11.3. The molecule has 106 valence electrons. The van der Waals surface area contributed by atoms with Gasteiger partial charge in [0, 0.05) is 5.92 Å². The van der Waals surface area contributed by atoms with E-state index in [1.807, 2.05) is 6.07 Å². The van der Waals surface area contributed by atoms with Crippen LogP contribution < -0.4 is 5.73 Å². The van der Waals surface area contributed by atoms with Gasteiger partial charge in [-0.3, -0.25) is 0 Å². The second-order valence-corrected chi connectivity index (χ2v) is 5.23. The van der Waals surface area contributed by atoms with Gasteiger partial charge in [-0.15, -0.1) is 0 Å². The molecular weight excluding hydrogens is 254 g/mol. The first-order valence-corrected chi connectivity index (χ1v) is 7.09. The third-order valence-electron chi connectivity index (χ3n) is 3.86. The summed E-state index contributed by atoms with van der Waals surface area (Å²) in [6.07, 6.45) is 2.91. The van der Waals surface area contributed by atoms with Crippen LogP contribution in [0.2, 0.25) is 0 Å². The van der Waals surface area contributed by atoms with Crippen molar-refractivity contribution < 1.29 is 9.63 Å². The number of hydrogen-bond donors (Lipinski definition) is 2. The van der Waals surface area contributed by atoms with Gasteiger partial charge in [0.05, 0.1) is 0 Å². The number of nitrogens with zero attached hydrogens (tertiary/aromatic N) is 2. The number of rotatable bonds is 4. The molecule has 0 spiro atoms. The molecule has 1 aliphatic rings. The summed E-state index contributed by atoms with van der Waals surface area (Å²) in [4.78, 5) is 4.37. The van der Waals surface area contributed by atoms with Crippen molar-refractivity contribution in [3.63, 3.8) is 0 Å². The Balaban J connectivity index is 1.87. The zero-order valence-electron chi connectivity index (χ0n) is 11.3. The number of nitrogens with two attached hydrogens (primary N) is 1. The van der Waals surface area contributed by atoms with E-state index in [2.05, 4.69) is 28.3 Å². The Bertz CT molecular complexity index is 582. The maximum atomic E-state index is 9.85. The van der Waals surface area contributed by atoms with Gasteiger partial charge in [-0.05, 0) is 43.4 Å². The van der Waals surface area contributed by atoms with Gasteiger partial charge in [0.25, 0.3) is 5.89 Å². The summed E-state index contributed by atoms with van der Waals surface area (Å²) >= 11 is 0. The van der Waals surface area contributed by atoms with Gasteiger partial charge in [-0.25, -0.2) is 0 Å². The van der Waals surface area contributed by atoms with Crippen molar-refractivity contribution in [2.24, 2.45) is 5.73 Å². The van der Waals surface area contributed by atoms with Crippen LogP contribution in [0.3, 0.4) is 0 Å². The van der Waals surface area contributed by atoms with Crippen LogP contribution in [-0.2, 0) is 6.42 Å². The lowest BCUT2D eigenvalue weighted by Crippen LogP contribution is -2.12. The third-order valence-corrected chi connectivity index (χ3v) is 3.86. The highest BCUT2D eigenvalue weighted by Crippen LogP contribution is 2.35. The van der Waals surface area contributed by atoms with Gasteiger partial charge in [0.15, 0.2) is 5.82 Å². The van der Waals surface area contributed by atoms with Crippen molar-refractivity contribution in [1.82, 2.24) is 10.1 Å². The van der Waals surface area contributed by atoms with Crippen molar-refractivity contribution in [2.75, 3.05) is 6.54 Å². The van der Waals surface area contributed by atoms with Crippen molar-refractivity contribution in [3.05, 3.63) is 47.1 Å². The first-order valence-electron chi connectivity index (χ1n) is 7.09. The molecule has 0 bridgehead atoms. The minimum absolute atomic E-state index is 0.169. The summed E-state index contributed by atoms with van der Waals surface area (Å²) < 4.78 is 5.18. The lowest BCUT2D eigenvalue weighted by Gasteiger charge is -2.22. The second kappa shape index (κ2) is 5.73. The van der Waals surface area contributed by atoms with Crippen molar-refractivity contribution >= 4 is 0 Å². The standard InChI is InChI=1S/C15H19N3O2/c16-9-8-13(19)15-17-14(18-20-15)12-7-3-5-10-4-1-2-6-11(10)12/h1-2,4,6,12-13,19H,3,5,7-9,16H2. The second-order valence-electron chi connectivity index (χ2n) is 5.23. The van der Waals surface area contributed by atoms with Crippen LogP contribution in [0.5, 0.6) is 0 Å². The highest BCUT2D eigenvalue weighted by atomic mass is 16.5. The van der Waals surface area contributed by atoms with E-state index >= 15 is 0 Å². The van der Waals surface area contributed by atoms with Crippen LogP contribution in [0.4, 0.5) is 0 Å². The smallest absolute Gasteiger partial charge is 0.255 e.